The first-order chi connectivity index (χ1) is 7.68. The molecular formula is C9H15N5O2. The molecule has 7 heteroatoms. The SMILES string of the molecule is Cn1c([N+](=O)[O-])cnc1NCC1CCNC1. The number of hydrogen-bond donors (Lipinski definition) is 2. The van der Waals surface area contributed by atoms with Crippen molar-refractivity contribution in [2.45, 2.75) is 6.42 Å². The van der Waals surface area contributed by atoms with Crippen LogP contribution in [0.5, 0.6) is 0 Å². The third-order valence-corrected chi connectivity index (χ3v) is 2.86. The molecule has 1 unspecified atom stereocenters. The van der Waals surface area contributed by atoms with Gasteiger partial charge in [-0.1, -0.05) is 0 Å². The van der Waals surface area contributed by atoms with Crippen molar-refractivity contribution in [1.82, 2.24) is 14.9 Å². The van der Waals surface area contributed by atoms with E-state index in [9.17, 15) is 10.1 Å². The van der Waals surface area contributed by atoms with Crippen LogP contribution >= 0.6 is 0 Å². The van der Waals surface area contributed by atoms with Crippen LogP contribution in [0.15, 0.2) is 6.20 Å². The van der Waals surface area contributed by atoms with E-state index in [1.54, 1.807) is 7.05 Å². The topological polar surface area (TPSA) is 85.0 Å². The molecule has 0 radical (unpaired) electrons. The largest absolute Gasteiger partial charge is 0.358 e. The zero-order valence-corrected chi connectivity index (χ0v) is 9.14. The Morgan fingerprint density at radius 2 is 2.62 bits per heavy atom. The van der Waals surface area contributed by atoms with Gasteiger partial charge in [-0.25, -0.2) is 0 Å². The fraction of sp³-hybridized carbons (Fsp3) is 0.667. The van der Waals surface area contributed by atoms with Crippen LogP contribution in [0.2, 0.25) is 0 Å². The van der Waals surface area contributed by atoms with Gasteiger partial charge in [0, 0.05) is 6.54 Å². The summed E-state index contributed by atoms with van der Waals surface area (Å²) in [6, 6.07) is 0. The fourth-order valence-corrected chi connectivity index (χ4v) is 1.86. The van der Waals surface area contributed by atoms with Crippen molar-refractivity contribution in [3.8, 4) is 0 Å². The quantitative estimate of drug-likeness (QED) is 0.570. The second kappa shape index (κ2) is 4.48. The van der Waals surface area contributed by atoms with Crippen molar-refractivity contribution in [2.75, 3.05) is 25.0 Å². The smallest absolute Gasteiger partial charge is 0.344 e. The molecule has 2 N–H and O–H groups in total. The Hall–Kier alpha value is -1.63. The third kappa shape index (κ3) is 2.13. The predicted octanol–water partition coefficient (Wildman–Crippen LogP) is 0.350. The monoisotopic (exact) mass is 225 g/mol. The van der Waals surface area contributed by atoms with Crippen LogP contribution < -0.4 is 10.6 Å². The van der Waals surface area contributed by atoms with Crippen LogP contribution in [-0.4, -0.2) is 34.1 Å². The fourth-order valence-electron chi connectivity index (χ4n) is 1.86. The van der Waals surface area contributed by atoms with Gasteiger partial charge in [0.05, 0.1) is 7.05 Å². The molecule has 0 aromatic carbocycles. The second-order valence-electron chi connectivity index (χ2n) is 4.00. The average molecular weight is 225 g/mol. The van der Waals surface area contributed by atoms with Crippen LogP contribution in [0.4, 0.5) is 11.8 Å². The maximum absolute atomic E-state index is 10.6. The third-order valence-electron chi connectivity index (χ3n) is 2.86. The second-order valence-corrected chi connectivity index (χ2v) is 4.00. The van der Waals surface area contributed by atoms with E-state index >= 15 is 0 Å². The van der Waals surface area contributed by atoms with E-state index in [2.05, 4.69) is 15.6 Å². The van der Waals surface area contributed by atoms with Crippen molar-refractivity contribution in [1.29, 1.82) is 0 Å². The van der Waals surface area contributed by atoms with Gasteiger partial charge in [0.25, 0.3) is 5.95 Å². The van der Waals surface area contributed by atoms with Crippen molar-refractivity contribution < 1.29 is 4.92 Å². The van der Waals surface area contributed by atoms with E-state index in [1.165, 1.54) is 10.8 Å². The number of aromatic nitrogens is 2. The van der Waals surface area contributed by atoms with E-state index in [1.807, 2.05) is 0 Å². The Morgan fingerprint density at radius 3 is 3.19 bits per heavy atom. The van der Waals surface area contributed by atoms with Gasteiger partial charge in [0.2, 0.25) is 0 Å². The lowest BCUT2D eigenvalue weighted by molar-refractivity contribution is -0.391. The van der Waals surface area contributed by atoms with E-state index < -0.39 is 4.92 Å². The number of rotatable bonds is 4. The summed E-state index contributed by atoms with van der Waals surface area (Å²) in [4.78, 5) is 14.2. The summed E-state index contributed by atoms with van der Waals surface area (Å²) in [5.41, 5.74) is 0. The lowest BCUT2D eigenvalue weighted by atomic mass is 10.1. The van der Waals surface area contributed by atoms with Gasteiger partial charge in [-0.2, -0.15) is 9.55 Å². The molecule has 7 nitrogen and oxygen atoms in total. The highest BCUT2D eigenvalue weighted by atomic mass is 16.6. The van der Waals surface area contributed by atoms with Gasteiger partial charge in [-0.3, -0.25) is 0 Å². The first-order valence-electron chi connectivity index (χ1n) is 5.29. The molecular weight excluding hydrogens is 210 g/mol. The number of nitrogens with zero attached hydrogens (tertiary/aromatic N) is 3. The summed E-state index contributed by atoms with van der Waals surface area (Å²) in [5, 5.41) is 17.0. The van der Waals surface area contributed by atoms with Gasteiger partial charge in [0.1, 0.15) is 6.20 Å². The molecule has 0 bridgehead atoms. The lowest BCUT2D eigenvalue weighted by Crippen LogP contribution is -2.18. The minimum atomic E-state index is -0.435. The summed E-state index contributed by atoms with van der Waals surface area (Å²) in [7, 11) is 1.64. The van der Waals surface area contributed by atoms with Crippen molar-refractivity contribution in [3.05, 3.63) is 16.3 Å². The molecule has 1 saturated heterocycles. The summed E-state index contributed by atoms with van der Waals surface area (Å²) >= 11 is 0. The molecule has 1 aliphatic rings. The highest BCUT2D eigenvalue weighted by molar-refractivity contribution is 5.35. The Labute approximate surface area is 93.0 Å². The van der Waals surface area contributed by atoms with Gasteiger partial charge < -0.3 is 20.7 Å². The van der Waals surface area contributed by atoms with Crippen molar-refractivity contribution >= 4 is 11.8 Å². The van der Waals surface area contributed by atoms with Crippen LogP contribution in [0.25, 0.3) is 0 Å². The molecule has 1 atom stereocenters. The highest BCUT2D eigenvalue weighted by Crippen LogP contribution is 2.16. The Morgan fingerprint density at radius 1 is 1.81 bits per heavy atom. The van der Waals surface area contributed by atoms with E-state index in [0.717, 1.165) is 26.1 Å². The molecule has 0 amide bonds. The molecule has 2 rings (SSSR count). The van der Waals surface area contributed by atoms with Crippen LogP contribution in [0.1, 0.15) is 6.42 Å². The molecule has 1 fully saturated rings. The summed E-state index contributed by atoms with van der Waals surface area (Å²) in [5.74, 6) is 1.14. The Kier molecular flexibility index (Phi) is 3.04. The predicted molar refractivity (Wildman–Crippen MR) is 59.3 cm³/mol. The molecule has 16 heavy (non-hydrogen) atoms. The zero-order chi connectivity index (χ0) is 11.5. The lowest BCUT2D eigenvalue weighted by Gasteiger charge is -2.08. The van der Waals surface area contributed by atoms with Crippen molar-refractivity contribution in [3.63, 3.8) is 0 Å². The van der Waals surface area contributed by atoms with Crippen LogP contribution in [-0.2, 0) is 7.05 Å². The average Bonchev–Trinajstić information content (AvgIpc) is 2.84. The first-order valence-corrected chi connectivity index (χ1v) is 5.29. The van der Waals surface area contributed by atoms with Crippen LogP contribution in [0, 0.1) is 16.0 Å². The standard InChI is InChI=1S/C9H15N5O2/c1-13-8(14(15)16)6-12-9(13)11-5-7-2-3-10-4-7/h6-7,10H,2-5H2,1H3,(H,11,12). The maximum atomic E-state index is 10.6. The molecule has 0 spiro atoms. The molecule has 1 aliphatic heterocycles. The zero-order valence-electron chi connectivity index (χ0n) is 9.14. The van der Waals surface area contributed by atoms with Crippen molar-refractivity contribution in [2.24, 2.45) is 13.0 Å². The number of hydrogen-bond acceptors (Lipinski definition) is 5. The number of nitro groups is 1. The number of anilines is 1. The number of imidazole rings is 1. The molecule has 1 aromatic heterocycles. The van der Waals surface area contributed by atoms with Crippen LogP contribution in [0.3, 0.4) is 0 Å². The summed E-state index contributed by atoms with van der Waals surface area (Å²) in [6.07, 6.45) is 2.41. The van der Waals surface area contributed by atoms with E-state index in [-0.39, 0.29) is 5.82 Å². The van der Waals surface area contributed by atoms with Gasteiger partial charge >= 0.3 is 5.82 Å². The minimum absolute atomic E-state index is 0.00652. The Bertz CT molecular complexity index is 383. The Balaban J connectivity index is 1.96. The first kappa shape index (κ1) is 10.9. The van der Waals surface area contributed by atoms with Gasteiger partial charge in [0.15, 0.2) is 0 Å². The van der Waals surface area contributed by atoms with Gasteiger partial charge in [-0.05, 0) is 30.4 Å². The maximum Gasteiger partial charge on any atom is 0.344 e. The van der Waals surface area contributed by atoms with Gasteiger partial charge in [-0.15, -0.1) is 0 Å². The molecule has 1 aromatic rings. The summed E-state index contributed by atoms with van der Waals surface area (Å²) in [6.45, 7) is 2.85. The molecule has 2 heterocycles. The summed E-state index contributed by atoms with van der Waals surface area (Å²) < 4.78 is 1.46. The number of nitrogens with one attached hydrogen (secondary N) is 2. The molecule has 88 valence electrons. The highest BCUT2D eigenvalue weighted by Gasteiger charge is 2.19. The minimum Gasteiger partial charge on any atom is -0.358 e. The molecule has 0 saturated carbocycles. The molecule has 0 aliphatic carbocycles. The van der Waals surface area contributed by atoms with E-state index in [0.29, 0.717) is 11.9 Å². The normalized spacial score (nSPS) is 19.9. The van der Waals surface area contributed by atoms with E-state index in [4.69, 9.17) is 0 Å².